The van der Waals surface area contributed by atoms with Gasteiger partial charge >= 0.3 is 0 Å². The molecule has 1 amide bonds. The molecule has 1 saturated heterocycles. The van der Waals surface area contributed by atoms with Crippen LogP contribution in [-0.2, 0) is 4.79 Å². The molecule has 118 valence electrons. The summed E-state index contributed by atoms with van der Waals surface area (Å²) in [5.41, 5.74) is 0. The molecular formula is C18H30N2O. The Balaban J connectivity index is 1.43. The SMILES string of the molecule is CC(C)C(=O)NC[C@@H]1CCCN(C[C@@H]2C[C@H]3C=C[C@H]2C3)C1. The van der Waals surface area contributed by atoms with Gasteiger partial charge in [-0.3, -0.25) is 4.79 Å². The molecule has 2 aliphatic carbocycles. The van der Waals surface area contributed by atoms with Crippen molar-refractivity contribution in [2.24, 2.45) is 29.6 Å². The van der Waals surface area contributed by atoms with Crippen LogP contribution in [0.4, 0.5) is 0 Å². The Labute approximate surface area is 129 Å². The predicted octanol–water partition coefficient (Wildman–Crippen LogP) is 2.68. The number of carbonyl (C=O) groups excluding carboxylic acids is 1. The van der Waals surface area contributed by atoms with Gasteiger partial charge < -0.3 is 10.2 Å². The average molecular weight is 290 g/mol. The minimum atomic E-state index is 0.102. The fraction of sp³-hybridized carbons (Fsp3) is 0.833. The van der Waals surface area contributed by atoms with Gasteiger partial charge in [-0.2, -0.15) is 0 Å². The largest absolute Gasteiger partial charge is 0.356 e. The Bertz CT molecular complexity index is 404. The number of nitrogens with zero attached hydrogens (tertiary/aromatic N) is 1. The highest BCUT2D eigenvalue weighted by atomic mass is 16.1. The molecule has 4 atom stereocenters. The average Bonchev–Trinajstić information content (AvgIpc) is 3.07. The number of rotatable bonds is 5. The molecule has 2 fully saturated rings. The van der Waals surface area contributed by atoms with Crippen LogP contribution in [0.2, 0.25) is 0 Å². The molecule has 0 aromatic rings. The number of allylic oxidation sites excluding steroid dienone is 2. The molecule has 2 bridgehead atoms. The van der Waals surface area contributed by atoms with Gasteiger partial charge in [0.25, 0.3) is 0 Å². The van der Waals surface area contributed by atoms with Crippen molar-refractivity contribution in [2.45, 2.75) is 39.5 Å². The summed E-state index contributed by atoms with van der Waals surface area (Å²) in [5, 5.41) is 3.12. The van der Waals surface area contributed by atoms with Gasteiger partial charge in [0.2, 0.25) is 5.91 Å². The summed E-state index contributed by atoms with van der Waals surface area (Å²) in [5.74, 6) is 3.58. The van der Waals surface area contributed by atoms with Crippen molar-refractivity contribution in [2.75, 3.05) is 26.2 Å². The summed E-state index contributed by atoms with van der Waals surface area (Å²) >= 11 is 0. The Hall–Kier alpha value is -0.830. The molecule has 1 heterocycles. The van der Waals surface area contributed by atoms with Crippen LogP contribution in [0.15, 0.2) is 12.2 Å². The highest BCUT2D eigenvalue weighted by Gasteiger charge is 2.36. The summed E-state index contributed by atoms with van der Waals surface area (Å²) < 4.78 is 0. The highest BCUT2D eigenvalue weighted by molar-refractivity contribution is 5.77. The Morgan fingerprint density at radius 2 is 2.19 bits per heavy atom. The zero-order valence-corrected chi connectivity index (χ0v) is 13.6. The molecule has 3 nitrogen and oxygen atoms in total. The van der Waals surface area contributed by atoms with Crippen molar-refractivity contribution in [1.29, 1.82) is 0 Å². The molecule has 1 aliphatic heterocycles. The number of amides is 1. The number of hydrogen-bond acceptors (Lipinski definition) is 2. The fourth-order valence-electron chi connectivity index (χ4n) is 4.37. The standard InChI is InChI=1S/C18H30N2O/c1-13(2)18(21)19-10-15-4-3-7-20(11-15)12-17-9-14-5-6-16(17)8-14/h5-6,13-17H,3-4,7-12H2,1-2H3,(H,19,21)/t14-,15-,16-,17-/m0/s1. The van der Waals surface area contributed by atoms with Crippen molar-refractivity contribution in [3.05, 3.63) is 12.2 Å². The van der Waals surface area contributed by atoms with Crippen molar-refractivity contribution in [3.63, 3.8) is 0 Å². The topological polar surface area (TPSA) is 32.3 Å². The molecule has 0 aromatic heterocycles. The molecule has 1 N–H and O–H groups in total. The third-order valence-corrected chi connectivity index (χ3v) is 5.60. The number of piperidine rings is 1. The highest BCUT2D eigenvalue weighted by Crippen LogP contribution is 2.43. The van der Waals surface area contributed by atoms with Gasteiger partial charge in [0, 0.05) is 25.6 Å². The van der Waals surface area contributed by atoms with Crippen LogP contribution in [0.3, 0.4) is 0 Å². The molecule has 3 heteroatoms. The van der Waals surface area contributed by atoms with Gasteiger partial charge in [-0.15, -0.1) is 0 Å². The zero-order chi connectivity index (χ0) is 14.8. The third-order valence-electron chi connectivity index (χ3n) is 5.60. The molecule has 0 aromatic carbocycles. The van der Waals surface area contributed by atoms with Crippen molar-refractivity contribution < 1.29 is 4.79 Å². The van der Waals surface area contributed by atoms with E-state index in [1.807, 2.05) is 13.8 Å². The lowest BCUT2D eigenvalue weighted by molar-refractivity contribution is -0.124. The number of hydrogen-bond donors (Lipinski definition) is 1. The first-order valence-corrected chi connectivity index (χ1v) is 8.80. The van der Waals surface area contributed by atoms with Crippen molar-refractivity contribution in [3.8, 4) is 0 Å². The maximum atomic E-state index is 11.7. The van der Waals surface area contributed by atoms with Gasteiger partial charge in [0.15, 0.2) is 0 Å². The second kappa shape index (κ2) is 6.51. The smallest absolute Gasteiger partial charge is 0.222 e. The van der Waals surface area contributed by atoms with E-state index in [9.17, 15) is 4.79 Å². The number of carbonyl (C=O) groups is 1. The minimum absolute atomic E-state index is 0.102. The number of nitrogens with one attached hydrogen (secondary N) is 1. The third kappa shape index (κ3) is 3.68. The Morgan fingerprint density at radius 1 is 1.33 bits per heavy atom. The maximum Gasteiger partial charge on any atom is 0.222 e. The normalized spacial score (nSPS) is 35.6. The predicted molar refractivity (Wildman–Crippen MR) is 85.9 cm³/mol. The Kier molecular flexibility index (Phi) is 4.68. The van der Waals surface area contributed by atoms with Crippen LogP contribution < -0.4 is 5.32 Å². The molecule has 1 saturated carbocycles. The van der Waals surface area contributed by atoms with E-state index in [1.165, 1.54) is 45.3 Å². The van der Waals surface area contributed by atoms with E-state index < -0.39 is 0 Å². The Morgan fingerprint density at radius 3 is 2.86 bits per heavy atom. The van der Waals surface area contributed by atoms with E-state index in [2.05, 4.69) is 22.4 Å². The monoisotopic (exact) mass is 290 g/mol. The van der Waals surface area contributed by atoms with Gasteiger partial charge in [0.1, 0.15) is 0 Å². The van der Waals surface area contributed by atoms with E-state index in [0.717, 1.165) is 24.3 Å². The lowest BCUT2D eigenvalue weighted by atomic mass is 9.91. The van der Waals surface area contributed by atoms with E-state index >= 15 is 0 Å². The van der Waals surface area contributed by atoms with E-state index in [-0.39, 0.29) is 11.8 Å². The summed E-state index contributed by atoms with van der Waals surface area (Å²) in [6.45, 7) is 8.50. The molecule has 0 spiro atoms. The van der Waals surface area contributed by atoms with Crippen LogP contribution in [0.5, 0.6) is 0 Å². The summed E-state index contributed by atoms with van der Waals surface area (Å²) in [6.07, 6.45) is 10.3. The molecule has 3 rings (SSSR count). The number of likely N-dealkylation sites (tertiary alicyclic amines) is 1. The first-order valence-electron chi connectivity index (χ1n) is 8.80. The van der Waals surface area contributed by atoms with Crippen LogP contribution in [0, 0.1) is 29.6 Å². The van der Waals surface area contributed by atoms with Crippen molar-refractivity contribution in [1.82, 2.24) is 10.2 Å². The zero-order valence-electron chi connectivity index (χ0n) is 13.6. The fourth-order valence-corrected chi connectivity index (χ4v) is 4.37. The first kappa shape index (κ1) is 15.1. The maximum absolute atomic E-state index is 11.7. The molecular weight excluding hydrogens is 260 g/mol. The van der Waals surface area contributed by atoms with Crippen LogP contribution in [0.1, 0.15) is 39.5 Å². The van der Waals surface area contributed by atoms with Gasteiger partial charge in [-0.05, 0) is 55.9 Å². The summed E-state index contributed by atoms with van der Waals surface area (Å²) in [6, 6.07) is 0. The molecule has 3 aliphatic rings. The van der Waals surface area contributed by atoms with E-state index in [4.69, 9.17) is 0 Å². The first-order chi connectivity index (χ1) is 10.1. The lowest BCUT2D eigenvalue weighted by Gasteiger charge is -2.35. The van der Waals surface area contributed by atoms with Gasteiger partial charge in [-0.1, -0.05) is 26.0 Å². The second-order valence-corrected chi connectivity index (χ2v) is 7.71. The van der Waals surface area contributed by atoms with Crippen LogP contribution >= 0.6 is 0 Å². The summed E-state index contributed by atoms with van der Waals surface area (Å²) in [7, 11) is 0. The molecule has 0 unspecified atom stereocenters. The van der Waals surface area contributed by atoms with Crippen LogP contribution in [0.25, 0.3) is 0 Å². The van der Waals surface area contributed by atoms with Gasteiger partial charge in [-0.25, -0.2) is 0 Å². The molecule has 0 radical (unpaired) electrons. The van der Waals surface area contributed by atoms with E-state index in [0.29, 0.717) is 5.92 Å². The lowest BCUT2D eigenvalue weighted by Crippen LogP contribution is -2.43. The number of fused-ring (bicyclic) bond motifs is 2. The van der Waals surface area contributed by atoms with Crippen molar-refractivity contribution >= 4 is 5.91 Å². The van der Waals surface area contributed by atoms with Crippen LogP contribution in [-0.4, -0.2) is 37.0 Å². The quantitative estimate of drug-likeness (QED) is 0.790. The second-order valence-electron chi connectivity index (χ2n) is 7.71. The molecule has 21 heavy (non-hydrogen) atoms. The minimum Gasteiger partial charge on any atom is -0.356 e. The van der Waals surface area contributed by atoms with Gasteiger partial charge in [0.05, 0.1) is 0 Å². The summed E-state index contributed by atoms with van der Waals surface area (Å²) in [4.78, 5) is 14.4. The van der Waals surface area contributed by atoms with E-state index in [1.54, 1.807) is 0 Å².